The molecule has 0 aliphatic heterocycles. The standard InChI is InChI=1S/C10H19N3O/c1-4-6-11-7-9-8-14-10(12-9)13(3)5-2/h8,11H,4-7H2,1-3H3. The van der Waals surface area contributed by atoms with Crippen LogP contribution in [0.4, 0.5) is 6.01 Å². The van der Waals surface area contributed by atoms with Gasteiger partial charge in [0, 0.05) is 20.1 Å². The van der Waals surface area contributed by atoms with E-state index in [2.05, 4.69) is 24.1 Å². The van der Waals surface area contributed by atoms with Gasteiger partial charge in [-0.25, -0.2) is 0 Å². The van der Waals surface area contributed by atoms with Crippen molar-refractivity contribution in [3.63, 3.8) is 0 Å². The van der Waals surface area contributed by atoms with Crippen molar-refractivity contribution in [3.05, 3.63) is 12.0 Å². The molecule has 0 fully saturated rings. The van der Waals surface area contributed by atoms with Crippen LogP contribution in [0.2, 0.25) is 0 Å². The van der Waals surface area contributed by atoms with E-state index in [4.69, 9.17) is 4.42 Å². The lowest BCUT2D eigenvalue weighted by Crippen LogP contribution is -2.17. The molecule has 1 heterocycles. The summed E-state index contributed by atoms with van der Waals surface area (Å²) < 4.78 is 5.32. The first kappa shape index (κ1) is 11.0. The van der Waals surface area contributed by atoms with Crippen molar-refractivity contribution < 1.29 is 4.42 Å². The van der Waals surface area contributed by atoms with E-state index in [-0.39, 0.29) is 0 Å². The minimum Gasteiger partial charge on any atom is -0.432 e. The Morgan fingerprint density at radius 1 is 1.50 bits per heavy atom. The van der Waals surface area contributed by atoms with Gasteiger partial charge in [-0.2, -0.15) is 4.98 Å². The lowest BCUT2D eigenvalue weighted by molar-refractivity contribution is 0.546. The molecular weight excluding hydrogens is 178 g/mol. The Kier molecular flexibility index (Phi) is 4.46. The summed E-state index contributed by atoms with van der Waals surface area (Å²) in [5.41, 5.74) is 0.966. The van der Waals surface area contributed by atoms with E-state index in [1.165, 1.54) is 0 Å². The summed E-state index contributed by atoms with van der Waals surface area (Å²) in [6.45, 7) is 6.92. The summed E-state index contributed by atoms with van der Waals surface area (Å²) in [5, 5.41) is 3.28. The number of nitrogens with zero attached hydrogens (tertiary/aromatic N) is 2. The van der Waals surface area contributed by atoms with E-state index >= 15 is 0 Å². The van der Waals surface area contributed by atoms with Gasteiger partial charge >= 0.3 is 0 Å². The van der Waals surface area contributed by atoms with Crippen LogP contribution in [0.25, 0.3) is 0 Å². The number of oxazole rings is 1. The summed E-state index contributed by atoms with van der Waals surface area (Å²) in [7, 11) is 1.97. The lowest BCUT2D eigenvalue weighted by Gasteiger charge is -2.09. The molecule has 0 spiro atoms. The molecule has 0 aliphatic carbocycles. The Morgan fingerprint density at radius 2 is 2.29 bits per heavy atom. The number of nitrogens with one attached hydrogen (secondary N) is 1. The van der Waals surface area contributed by atoms with Gasteiger partial charge in [-0.3, -0.25) is 0 Å². The highest BCUT2D eigenvalue weighted by Crippen LogP contribution is 2.10. The van der Waals surface area contributed by atoms with E-state index in [9.17, 15) is 0 Å². The van der Waals surface area contributed by atoms with Crippen molar-refractivity contribution in [3.8, 4) is 0 Å². The predicted octanol–water partition coefficient (Wildman–Crippen LogP) is 1.63. The van der Waals surface area contributed by atoms with Crippen LogP contribution in [0, 0.1) is 0 Å². The summed E-state index contributed by atoms with van der Waals surface area (Å²) >= 11 is 0. The fourth-order valence-electron chi connectivity index (χ4n) is 1.08. The van der Waals surface area contributed by atoms with Gasteiger partial charge in [0.25, 0.3) is 6.01 Å². The van der Waals surface area contributed by atoms with Crippen molar-refractivity contribution in [1.82, 2.24) is 10.3 Å². The minimum atomic E-state index is 0.695. The molecule has 4 heteroatoms. The molecule has 0 amide bonds. The predicted molar refractivity (Wildman–Crippen MR) is 57.4 cm³/mol. The van der Waals surface area contributed by atoms with Gasteiger partial charge < -0.3 is 14.6 Å². The average Bonchev–Trinajstić information content (AvgIpc) is 2.66. The van der Waals surface area contributed by atoms with E-state index in [0.29, 0.717) is 6.01 Å². The van der Waals surface area contributed by atoms with Crippen molar-refractivity contribution in [2.24, 2.45) is 0 Å². The third-order valence-corrected chi connectivity index (χ3v) is 2.07. The highest BCUT2D eigenvalue weighted by atomic mass is 16.4. The van der Waals surface area contributed by atoms with E-state index in [1.54, 1.807) is 6.26 Å². The van der Waals surface area contributed by atoms with Gasteiger partial charge in [-0.1, -0.05) is 6.92 Å². The third-order valence-electron chi connectivity index (χ3n) is 2.07. The zero-order valence-corrected chi connectivity index (χ0v) is 9.21. The molecule has 1 aromatic heterocycles. The molecule has 80 valence electrons. The molecule has 0 saturated carbocycles. The monoisotopic (exact) mass is 197 g/mol. The van der Waals surface area contributed by atoms with E-state index < -0.39 is 0 Å². The third kappa shape index (κ3) is 3.03. The molecule has 4 nitrogen and oxygen atoms in total. The average molecular weight is 197 g/mol. The van der Waals surface area contributed by atoms with Crippen LogP contribution in [-0.4, -0.2) is 25.1 Å². The SMILES string of the molecule is CCCNCc1coc(N(C)CC)n1. The van der Waals surface area contributed by atoms with Gasteiger partial charge in [0.2, 0.25) is 0 Å². The molecule has 0 saturated heterocycles. The fraction of sp³-hybridized carbons (Fsp3) is 0.700. The first-order chi connectivity index (χ1) is 6.77. The Morgan fingerprint density at radius 3 is 2.93 bits per heavy atom. The van der Waals surface area contributed by atoms with E-state index in [1.807, 2.05) is 11.9 Å². The lowest BCUT2D eigenvalue weighted by atomic mass is 10.4. The number of rotatable bonds is 6. The van der Waals surface area contributed by atoms with Gasteiger partial charge in [0.15, 0.2) is 0 Å². The molecule has 1 rings (SSSR count). The van der Waals surface area contributed by atoms with Crippen LogP contribution in [-0.2, 0) is 6.54 Å². The summed E-state index contributed by atoms with van der Waals surface area (Å²) in [6, 6.07) is 0.695. The Hall–Kier alpha value is -1.03. The Balaban J connectivity index is 2.42. The van der Waals surface area contributed by atoms with Crippen LogP contribution in [0.15, 0.2) is 10.7 Å². The molecule has 0 aromatic carbocycles. The molecule has 0 aliphatic rings. The summed E-state index contributed by atoms with van der Waals surface area (Å²) in [4.78, 5) is 6.33. The number of anilines is 1. The maximum absolute atomic E-state index is 5.32. The number of hydrogen-bond acceptors (Lipinski definition) is 4. The molecule has 1 N–H and O–H groups in total. The highest BCUT2D eigenvalue weighted by Gasteiger charge is 2.06. The van der Waals surface area contributed by atoms with Gasteiger partial charge in [-0.05, 0) is 19.9 Å². The molecular formula is C10H19N3O. The molecule has 0 unspecified atom stereocenters. The van der Waals surface area contributed by atoms with Crippen molar-refractivity contribution in [1.29, 1.82) is 0 Å². The summed E-state index contributed by atoms with van der Waals surface area (Å²) in [6.07, 6.45) is 2.85. The fourth-order valence-corrected chi connectivity index (χ4v) is 1.08. The van der Waals surface area contributed by atoms with E-state index in [0.717, 1.165) is 31.7 Å². The first-order valence-electron chi connectivity index (χ1n) is 5.14. The first-order valence-corrected chi connectivity index (χ1v) is 5.14. The highest BCUT2D eigenvalue weighted by molar-refractivity contribution is 5.24. The van der Waals surface area contributed by atoms with Gasteiger partial charge in [0.1, 0.15) is 6.26 Å². The van der Waals surface area contributed by atoms with Crippen LogP contribution in [0.3, 0.4) is 0 Å². The maximum Gasteiger partial charge on any atom is 0.297 e. The second kappa shape index (κ2) is 5.65. The second-order valence-electron chi connectivity index (χ2n) is 3.31. The van der Waals surface area contributed by atoms with Crippen LogP contribution < -0.4 is 10.2 Å². The molecule has 1 aromatic rings. The zero-order chi connectivity index (χ0) is 10.4. The van der Waals surface area contributed by atoms with Crippen LogP contribution in [0.5, 0.6) is 0 Å². The molecule has 0 radical (unpaired) electrons. The van der Waals surface area contributed by atoms with Crippen molar-refractivity contribution in [2.75, 3.05) is 25.0 Å². The second-order valence-corrected chi connectivity index (χ2v) is 3.31. The Labute approximate surface area is 85.3 Å². The summed E-state index contributed by atoms with van der Waals surface area (Å²) in [5.74, 6) is 0. The smallest absolute Gasteiger partial charge is 0.297 e. The molecule has 14 heavy (non-hydrogen) atoms. The topological polar surface area (TPSA) is 41.3 Å². The number of hydrogen-bond donors (Lipinski definition) is 1. The normalized spacial score (nSPS) is 10.5. The molecule has 0 atom stereocenters. The quantitative estimate of drug-likeness (QED) is 0.704. The Bertz CT molecular complexity index is 260. The zero-order valence-electron chi connectivity index (χ0n) is 9.21. The van der Waals surface area contributed by atoms with Crippen LogP contribution in [0.1, 0.15) is 26.0 Å². The van der Waals surface area contributed by atoms with Crippen molar-refractivity contribution in [2.45, 2.75) is 26.8 Å². The van der Waals surface area contributed by atoms with Crippen molar-refractivity contribution >= 4 is 6.01 Å². The van der Waals surface area contributed by atoms with Crippen LogP contribution >= 0.6 is 0 Å². The maximum atomic E-state index is 5.32. The van der Waals surface area contributed by atoms with Gasteiger partial charge in [0.05, 0.1) is 5.69 Å². The van der Waals surface area contributed by atoms with Gasteiger partial charge in [-0.15, -0.1) is 0 Å². The largest absolute Gasteiger partial charge is 0.432 e. The number of aromatic nitrogens is 1. The minimum absolute atomic E-state index is 0.695. The molecule has 0 bridgehead atoms.